The number of benzene rings is 1. The second-order valence-corrected chi connectivity index (χ2v) is 9.01. The number of nitrogens with zero attached hydrogens (tertiary/aromatic N) is 5. The minimum Gasteiger partial charge on any atom is -0.378 e. The Kier molecular flexibility index (Phi) is 6.22. The van der Waals surface area contributed by atoms with Gasteiger partial charge in [-0.25, -0.2) is 9.37 Å². The van der Waals surface area contributed by atoms with Crippen molar-refractivity contribution >= 4 is 22.4 Å². The number of anilines is 2. The number of halogens is 4. The van der Waals surface area contributed by atoms with E-state index in [1.54, 1.807) is 13.1 Å². The van der Waals surface area contributed by atoms with Gasteiger partial charge in [0.25, 0.3) is 0 Å². The molecule has 2 aliphatic heterocycles. The Labute approximate surface area is 200 Å². The fourth-order valence-electron chi connectivity index (χ4n) is 4.78. The van der Waals surface area contributed by atoms with Crippen LogP contribution in [0, 0.1) is 12.7 Å². The van der Waals surface area contributed by atoms with Gasteiger partial charge in [-0.3, -0.25) is 4.90 Å². The molecule has 2 fully saturated rings. The summed E-state index contributed by atoms with van der Waals surface area (Å²) in [5.74, 6) is -0.159. The number of piperazine rings is 1. The van der Waals surface area contributed by atoms with Crippen molar-refractivity contribution in [2.75, 3.05) is 49.6 Å². The van der Waals surface area contributed by atoms with Gasteiger partial charge in [0.2, 0.25) is 0 Å². The lowest BCUT2D eigenvalue weighted by Crippen LogP contribution is -2.58. The molecule has 1 N–H and O–H groups in total. The van der Waals surface area contributed by atoms with E-state index in [0.717, 1.165) is 55.4 Å². The maximum absolute atomic E-state index is 14.7. The van der Waals surface area contributed by atoms with Gasteiger partial charge >= 0.3 is 6.18 Å². The molecule has 0 unspecified atom stereocenters. The van der Waals surface area contributed by atoms with Crippen molar-refractivity contribution in [3.63, 3.8) is 0 Å². The summed E-state index contributed by atoms with van der Waals surface area (Å²) in [7, 11) is 0. The predicted octanol–water partition coefficient (Wildman–Crippen LogP) is 4.19. The quantitative estimate of drug-likeness (QED) is 0.551. The Morgan fingerprint density at radius 3 is 2.77 bits per heavy atom. The fraction of sp³-hybridized carbons (Fsp3) is 0.458. The van der Waals surface area contributed by atoms with Crippen LogP contribution in [0.5, 0.6) is 0 Å². The molecule has 5 rings (SSSR count). The van der Waals surface area contributed by atoms with Crippen molar-refractivity contribution in [1.29, 1.82) is 0 Å². The molecule has 0 bridgehead atoms. The molecular weight excluding hydrogens is 464 g/mol. The normalized spacial score (nSPS) is 20.1. The zero-order valence-corrected chi connectivity index (χ0v) is 19.4. The van der Waals surface area contributed by atoms with Crippen molar-refractivity contribution in [1.82, 2.24) is 20.1 Å². The van der Waals surface area contributed by atoms with Gasteiger partial charge in [0, 0.05) is 48.7 Å². The van der Waals surface area contributed by atoms with Gasteiger partial charge in [-0.05, 0) is 26.0 Å². The van der Waals surface area contributed by atoms with E-state index in [1.807, 2.05) is 13.0 Å². The number of aryl methyl sites for hydroxylation is 1. The number of alkyl halides is 3. The van der Waals surface area contributed by atoms with Crippen molar-refractivity contribution in [2.24, 2.45) is 0 Å². The first-order chi connectivity index (χ1) is 16.7. The van der Waals surface area contributed by atoms with Crippen LogP contribution >= 0.6 is 0 Å². The van der Waals surface area contributed by atoms with E-state index in [1.165, 1.54) is 12.1 Å². The number of nitrogens with one attached hydrogen (secondary N) is 1. The van der Waals surface area contributed by atoms with E-state index in [2.05, 4.69) is 30.3 Å². The SMILES string of the molecule is Cc1nnc(N[C@H](C)c2cccc(C(F)(F)F)c2F)c2cc(N3CCN4CCOC[C@@H]4C3)ncc12. The average Bonchev–Trinajstić information content (AvgIpc) is 2.84. The predicted molar refractivity (Wildman–Crippen MR) is 124 cm³/mol. The minimum absolute atomic E-state index is 0.0990. The summed E-state index contributed by atoms with van der Waals surface area (Å²) in [4.78, 5) is 9.27. The first-order valence-corrected chi connectivity index (χ1v) is 11.5. The van der Waals surface area contributed by atoms with E-state index in [0.29, 0.717) is 24.2 Å². The van der Waals surface area contributed by atoms with E-state index in [4.69, 9.17) is 4.74 Å². The number of hydrogen-bond acceptors (Lipinski definition) is 7. The van der Waals surface area contributed by atoms with Gasteiger partial charge in [0.15, 0.2) is 5.82 Å². The highest BCUT2D eigenvalue weighted by molar-refractivity contribution is 5.94. The molecule has 11 heteroatoms. The van der Waals surface area contributed by atoms with Crippen LogP contribution in [0.1, 0.15) is 29.8 Å². The number of rotatable bonds is 4. The van der Waals surface area contributed by atoms with Crippen molar-refractivity contribution in [3.05, 3.63) is 53.1 Å². The molecule has 0 aliphatic carbocycles. The van der Waals surface area contributed by atoms with Gasteiger partial charge in [-0.1, -0.05) is 12.1 Å². The molecule has 35 heavy (non-hydrogen) atoms. The van der Waals surface area contributed by atoms with Crippen molar-refractivity contribution < 1.29 is 22.3 Å². The zero-order chi connectivity index (χ0) is 24.7. The summed E-state index contributed by atoms with van der Waals surface area (Å²) in [5.41, 5.74) is -0.716. The van der Waals surface area contributed by atoms with Crippen molar-refractivity contribution in [3.8, 4) is 0 Å². The summed E-state index contributed by atoms with van der Waals surface area (Å²) < 4.78 is 59.9. The number of morpholine rings is 1. The third-order valence-corrected chi connectivity index (χ3v) is 6.75. The molecule has 2 aliphatic rings. The maximum Gasteiger partial charge on any atom is 0.419 e. The Morgan fingerprint density at radius 1 is 1.14 bits per heavy atom. The number of pyridine rings is 1. The molecule has 7 nitrogen and oxygen atoms in total. The van der Waals surface area contributed by atoms with Crippen LogP contribution in [0.2, 0.25) is 0 Å². The second-order valence-electron chi connectivity index (χ2n) is 9.01. The Bertz CT molecular complexity index is 1240. The molecule has 2 atom stereocenters. The van der Waals surface area contributed by atoms with Crippen LogP contribution in [0.25, 0.3) is 10.8 Å². The molecule has 0 saturated carbocycles. The summed E-state index contributed by atoms with van der Waals surface area (Å²) in [6, 6.07) is 4.71. The highest BCUT2D eigenvalue weighted by Gasteiger charge is 2.35. The average molecular weight is 491 g/mol. The number of aromatic nitrogens is 3. The first kappa shape index (κ1) is 23.7. The monoisotopic (exact) mass is 490 g/mol. The smallest absolute Gasteiger partial charge is 0.378 e. The minimum atomic E-state index is -4.77. The van der Waals surface area contributed by atoms with Crippen LogP contribution < -0.4 is 10.2 Å². The van der Waals surface area contributed by atoms with E-state index >= 15 is 0 Å². The van der Waals surface area contributed by atoms with Crippen LogP contribution in [0.4, 0.5) is 29.2 Å². The van der Waals surface area contributed by atoms with Gasteiger partial charge in [0.05, 0.1) is 36.6 Å². The molecule has 2 saturated heterocycles. The number of hydrogen-bond donors (Lipinski definition) is 1. The lowest BCUT2D eigenvalue weighted by molar-refractivity contribution is -0.140. The van der Waals surface area contributed by atoms with Crippen LogP contribution in [0.3, 0.4) is 0 Å². The Morgan fingerprint density at radius 2 is 1.97 bits per heavy atom. The molecule has 4 heterocycles. The number of ether oxygens (including phenoxy) is 1. The van der Waals surface area contributed by atoms with Crippen molar-refractivity contribution in [2.45, 2.75) is 32.1 Å². The van der Waals surface area contributed by atoms with Crippen LogP contribution in [-0.2, 0) is 10.9 Å². The first-order valence-electron chi connectivity index (χ1n) is 11.5. The molecule has 2 aromatic heterocycles. The van der Waals surface area contributed by atoms with Gasteiger partial charge in [0.1, 0.15) is 11.6 Å². The molecule has 186 valence electrons. The highest BCUT2D eigenvalue weighted by atomic mass is 19.4. The van der Waals surface area contributed by atoms with E-state index < -0.39 is 23.6 Å². The maximum atomic E-state index is 14.7. The van der Waals surface area contributed by atoms with Crippen LogP contribution in [-0.4, -0.2) is 65.5 Å². The zero-order valence-electron chi connectivity index (χ0n) is 19.4. The third kappa shape index (κ3) is 4.62. The van der Waals surface area contributed by atoms with Gasteiger partial charge in [-0.15, -0.1) is 5.10 Å². The summed E-state index contributed by atoms with van der Waals surface area (Å²) in [6.45, 7) is 8.29. The second kappa shape index (κ2) is 9.19. The van der Waals surface area contributed by atoms with Gasteiger partial charge < -0.3 is 15.0 Å². The molecule has 0 amide bonds. The van der Waals surface area contributed by atoms with Crippen LogP contribution in [0.15, 0.2) is 30.5 Å². The lowest BCUT2D eigenvalue weighted by Gasteiger charge is -2.44. The number of fused-ring (bicyclic) bond motifs is 2. The standard InChI is InChI=1S/C24H26F4N6O/c1-14(17-4-3-5-20(22(17)25)24(26,27)28)30-23-18-10-21(29-11-19(18)15(2)31-32-23)34-7-6-33-8-9-35-13-16(33)12-34/h3-5,10-11,14,16H,6-9,12-13H2,1-2H3,(H,30,32)/t14-,16+/m1/s1. The Balaban J connectivity index is 1.45. The lowest BCUT2D eigenvalue weighted by atomic mass is 10.0. The summed E-state index contributed by atoms with van der Waals surface area (Å²) in [6.07, 6.45) is -3.04. The topological polar surface area (TPSA) is 66.4 Å². The van der Waals surface area contributed by atoms with E-state index in [9.17, 15) is 17.6 Å². The van der Waals surface area contributed by atoms with E-state index in [-0.39, 0.29) is 5.56 Å². The molecule has 0 radical (unpaired) electrons. The molecular formula is C24H26F4N6O. The highest BCUT2D eigenvalue weighted by Crippen LogP contribution is 2.35. The summed E-state index contributed by atoms with van der Waals surface area (Å²) >= 11 is 0. The summed E-state index contributed by atoms with van der Waals surface area (Å²) in [5, 5.41) is 13.0. The van der Waals surface area contributed by atoms with Gasteiger partial charge in [-0.2, -0.15) is 18.3 Å². The largest absolute Gasteiger partial charge is 0.419 e. The molecule has 0 spiro atoms. The third-order valence-electron chi connectivity index (χ3n) is 6.75. The fourth-order valence-corrected chi connectivity index (χ4v) is 4.78. The molecule has 3 aromatic rings. The Hall–Kier alpha value is -3.05. The molecule has 1 aromatic carbocycles.